The molecule has 0 bridgehead atoms. The van der Waals surface area contributed by atoms with E-state index in [2.05, 4.69) is 10.3 Å². The predicted octanol–water partition coefficient (Wildman–Crippen LogP) is 0.749. The molecule has 0 fully saturated rings. The van der Waals surface area contributed by atoms with Crippen LogP contribution < -0.4 is 5.32 Å². The Morgan fingerprint density at radius 3 is 2.33 bits per heavy atom. The number of carbonyl (C=O) groups is 3. The lowest BCUT2D eigenvalue weighted by atomic mass is 9.78. The molecule has 1 unspecified atom stereocenters. The summed E-state index contributed by atoms with van der Waals surface area (Å²) in [6, 6.07) is 6.88. The Kier molecular flexibility index (Phi) is 5.78. The fourth-order valence-corrected chi connectivity index (χ4v) is 3.16. The van der Waals surface area contributed by atoms with Crippen LogP contribution in [0.4, 0.5) is 0 Å². The zero-order chi connectivity index (χ0) is 20.2. The zero-order valence-electron chi connectivity index (χ0n) is 15.0. The number of carbonyl (C=O) groups excluding carboxylic acids is 3. The maximum absolute atomic E-state index is 12.7. The molecule has 0 saturated heterocycles. The third-order valence-electron chi connectivity index (χ3n) is 4.24. The predicted molar refractivity (Wildman–Crippen MR) is 93.5 cm³/mol. The van der Waals surface area contributed by atoms with Crippen molar-refractivity contribution in [1.82, 2.24) is 10.3 Å². The summed E-state index contributed by atoms with van der Waals surface area (Å²) >= 11 is 0. The first-order valence-corrected chi connectivity index (χ1v) is 7.91. The number of benzene rings is 1. The molecule has 1 heterocycles. The van der Waals surface area contributed by atoms with E-state index in [4.69, 9.17) is 9.47 Å². The molecule has 0 radical (unpaired) electrons. The van der Waals surface area contributed by atoms with Crippen LogP contribution in [0.3, 0.4) is 0 Å². The van der Waals surface area contributed by atoms with Crippen molar-refractivity contribution in [3.63, 3.8) is 0 Å². The summed E-state index contributed by atoms with van der Waals surface area (Å²) in [6.45, 7) is 0.255. The maximum atomic E-state index is 12.7. The van der Waals surface area contributed by atoms with E-state index in [1.54, 1.807) is 24.3 Å². The summed E-state index contributed by atoms with van der Waals surface area (Å²) < 4.78 is 9.45. The lowest BCUT2D eigenvalue weighted by molar-refractivity contribution is -0.484. The quantitative estimate of drug-likeness (QED) is 0.314. The first-order valence-electron chi connectivity index (χ1n) is 7.91. The van der Waals surface area contributed by atoms with Gasteiger partial charge in [-0.15, -0.1) is 0 Å². The van der Waals surface area contributed by atoms with Gasteiger partial charge in [-0.25, -0.2) is 9.59 Å². The number of hydrogen-bond donors (Lipinski definition) is 2. The molecule has 144 valence electrons. The number of H-pyrrole nitrogens is 1. The highest BCUT2D eigenvalue weighted by atomic mass is 16.6. The topological polar surface area (TPSA) is 141 Å². The number of hydrogen-bond acceptors (Lipinski definition) is 7. The number of fused-ring (bicyclic) bond motifs is 1. The van der Waals surface area contributed by atoms with E-state index in [0.717, 1.165) is 21.1 Å². The minimum atomic E-state index is -2.42. The van der Waals surface area contributed by atoms with Crippen LogP contribution in [0.25, 0.3) is 10.9 Å². The third-order valence-corrected chi connectivity index (χ3v) is 4.24. The second-order valence-electron chi connectivity index (χ2n) is 5.83. The van der Waals surface area contributed by atoms with E-state index in [1.807, 2.05) is 0 Å². The molecule has 0 aliphatic carbocycles. The first kappa shape index (κ1) is 19.9. The largest absolute Gasteiger partial charge is 0.467 e. The molecule has 0 saturated carbocycles. The molecular formula is C17H19N3O7. The number of ether oxygens (including phenoxy) is 2. The van der Waals surface area contributed by atoms with Gasteiger partial charge in [0.25, 0.3) is 0 Å². The summed E-state index contributed by atoms with van der Waals surface area (Å²) in [5.41, 5.74) is -1.48. The van der Waals surface area contributed by atoms with E-state index in [0.29, 0.717) is 16.5 Å². The number of aromatic nitrogens is 1. The number of esters is 2. The molecule has 1 aromatic carbocycles. The summed E-state index contributed by atoms with van der Waals surface area (Å²) in [5.74, 6) is -4.46. The van der Waals surface area contributed by atoms with Crippen LogP contribution in [0.2, 0.25) is 0 Å². The molecule has 0 spiro atoms. The summed E-state index contributed by atoms with van der Waals surface area (Å²) in [5, 5.41) is 14.2. The summed E-state index contributed by atoms with van der Waals surface area (Å²) in [6.07, 6.45) is 1.46. The average Bonchev–Trinajstić information content (AvgIpc) is 3.06. The van der Waals surface area contributed by atoms with E-state index >= 15 is 0 Å². The standard InChI is InChI=1S/C17H19N3O7/c1-10(21)19-17(15(22)26-2,16(23)27-3)13(9-20(24)25)12-8-18-14-7-5-4-6-11(12)14/h4-8,13,18H,9H2,1-3H3,(H,19,21). The number of aromatic amines is 1. The van der Waals surface area contributed by atoms with Crippen LogP contribution in [-0.4, -0.2) is 54.1 Å². The SMILES string of the molecule is COC(=O)C(NC(C)=O)(C(=O)OC)C(C[N+](=O)[O-])c1c[nH]c2ccccc12. The lowest BCUT2D eigenvalue weighted by Crippen LogP contribution is -2.65. The third kappa shape index (κ3) is 3.59. The summed E-state index contributed by atoms with van der Waals surface area (Å²) in [4.78, 5) is 50.8. The van der Waals surface area contributed by atoms with Gasteiger partial charge in [-0.2, -0.15) is 0 Å². The van der Waals surface area contributed by atoms with Crippen molar-refractivity contribution >= 4 is 28.7 Å². The van der Waals surface area contributed by atoms with Gasteiger partial charge in [0.05, 0.1) is 20.1 Å². The van der Waals surface area contributed by atoms with E-state index < -0.39 is 40.8 Å². The Morgan fingerprint density at radius 2 is 1.81 bits per heavy atom. The normalized spacial score (nSPS) is 12.3. The van der Waals surface area contributed by atoms with Gasteiger partial charge in [0, 0.05) is 28.9 Å². The van der Waals surface area contributed by atoms with E-state index in [-0.39, 0.29) is 0 Å². The second kappa shape index (κ2) is 7.85. The number of para-hydroxylation sites is 1. The molecule has 2 N–H and O–H groups in total. The second-order valence-corrected chi connectivity index (χ2v) is 5.83. The molecule has 2 aromatic rings. The van der Waals surface area contributed by atoms with Gasteiger partial charge in [0.15, 0.2) is 0 Å². The molecule has 1 atom stereocenters. The summed E-state index contributed by atoms with van der Waals surface area (Å²) in [7, 11) is 2.03. The first-order chi connectivity index (χ1) is 12.8. The molecule has 1 aromatic heterocycles. The molecular weight excluding hydrogens is 358 g/mol. The number of nitrogens with zero attached hydrogens (tertiary/aromatic N) is 1. The van der Waals surface area contributed by atoms with Crippen molar-refractivity contribution in [2.45, 2.75) is 18.4 Å². The van der Waals surface area contributed by atoms with Crippen LogP contribution in [-0.2, 0) is 23.9 Å². The maximum Gasteiger partial charge on any atom is 0.344 e. The number of rotatable bonds is 7. The molecule has 10 heteroatoms. The number of methoxy groups -OCH3 is 2. The fourth-order valence-electron chi connectivity index (χ4n) is 3.16. The van der Waals surface area contributed by atoms with Crippen LogP contribution in [0.15, 0.2) is 30.5 Å². The number of amides is 1. The highest BCUT2D eigenvalue weighted by Crippen LogP contribution is 2.36. The monoisotopic (exact) mass is 377 g/mol. The van der Waals surface area contributed by atoms with Gasteiger partial charge in [0.1, 0.15) is 0 Å². The Labute approximate surface area is 154 Å². The Balaban J connectivity index is 2.81. The van der Waals surface area contributed by atoms with Gasteiger partial charge >= 0.3 is 11.9 Å². The fraction of sp³-hybridized carbons (Fsp3) is 0.353. The van der Waals surface area contributed by atoms with Gasteiger partial charge in [-0.1, -0.05) is 18.2 Å². The molecule has 27 heavy (non-hydrogen) atoms. The molecule has 2 rings (SSSR count). The number of nitro groups is 1. The molecule has 1 amide bonds. The van der Waals surface area contributed by atoms with Crippen molar-refractivity contribution in [2.24, 2.45) is 0 Å². The van der Waals surface area contributed by atoms with Crippen LogP contribution >= 0.6 is 0 Å². The smallest absolute Gasteiger partial charge is 0.344 e. The van der Waals surface area contributed by atoms with Gasteiger partial charge in [-0.05, 0) is 11.6 Å². The Hall–Kier alpha value is -3.43. The molecule has 10 nitrogen and oxygen atoms in total. The van der Waals surface area contributed by atoms with Crippen LogP contribution in [0, 0.1) is 10.1 Å². The van der Waals surface area contributed by atoms with Crippen molar-refractivity contribution in [3.05, 3.63) is 46.1 Å². The minimum Gasteiger partial charge on any atom is -0.467 e. The Bertz CT molecular complexity index is 874. The minimum absolute atomic E-state index is 0.298. The average molecular weight is 377 g/mol. The van der Waals surface area contributed by atoms with Crippen molar-refractivity contribution < 1.29 is 28.8 Å². The lowest BCUT2D eigenvalue weighted by Gasteiger charge is -2.34. The van der Waals surface area contributed by atoms with Crippen LogP contribution in [0.1, 0.15) is 18.4 Å². The van der Waals surface area contributed by atoms with E-state index in [1.165, 1.54) is 6.20 Å². The van der Waals surface area contributed by atoms with Crippen LogP contribution in [0.5, 0.6) is 0 Å². The van der Waals surface area contributed by atoms with Crippen molar-refractivity contribution in [2.75, 3.05) is 20.8 Å². The highest BCUT2D eigenvalue weighted by molar-refractivity contribution is 6.09. The van der Waals surface area contributed by atoms with Crippen molar-refractivity contribution in [1.29, 1.82) is 0 Å². The zero-order valence-corrected chi connectivity index (χ0v) is 15.0. The van der Waals surface area contributed by atoms with Gasteiger partial charge < -0.3 is 19.8 Å². The Morgan fingerprint density at radius 1 is 1.22 bits per heavy atom. The molecule has 0 aliphatic heterocycles. The molecule has 0 aliphatic rings. The van der Waals surface area contributed by atoms with Crippen molar-refractivity contribution in [3.8, 4) is 0 Å². The van der Waals surface area contributed by atoms with E-state index in [9.17, 15) is 24.5 Å². The number of nitrogens with one attached hydrogen (secondary N) is 2. The van der Waals surface area contributed by atoms with Gasteiger partial charge in [-0.3, -0.25) is 14.9 Å². The highest BCUT2D eigenvalue weighted by Gasteiger charge is 2.58. The van der Waals surface area contributed by atoms with Gasteiger partial charge in [0.2, 0.25) is 18.0 Å².